The lowest BCUT2D eigenvalue weighted by atomic mass is 10.3. The summed E-state index contributed by atoms with van der Waals surface area (Å²) in [6, 6.07) is 6.91. The summed E-state index contributed by atoms with van der Waals surface area (Å²) in [5.41, 5.74) is 1.64. The van der Waals surface area contributed by atoms with Crippen molar-refractivity contribution in [1.82, 2.24) is 9.55 Å². The highest BCUT2D eigenvalue weighted by atomic mass is 32.2. The molecular formula is C13H17N3O2S. The zero-order chi connectivity index (χ0) is 13.9. The quantitative estimate of drug-likeness (QED) is 0.908. The summed E-state index contributed by atoms with van der Waals surface area (Å²) in [6.45, 7) is 3.42. The molecule has 0 unspecified atom stereocenters. The van der Waals surface area contributed by atoms with Crippen molar-refractivity contribution in [2.45, 2.75) is 24.9 Å². The zero-order valence-corrected chi connectivity index (χ0v) is 11.8. The standard InChI is InChI=1S/C13H17N3O2S/c1-3-16-10-14-8-11(16)9-15-12-6-4-5-7-13(12)19(2,17)18/h4-8,10,15H,3,9H2,1-2H3. The topological polar surface area (TPSA) is 64.0 Å². The normalized spacial score (nSPS) is 11.5. The molecule has 0 aliphatic rings. The molecule has 0 bridgehead atoms. The second-order valence-corrected chi connectivity index (χ2v) is 6.28. The molecule has 0 fully saturated rings. The van der Waals surface area contributed by atoms with Crippen LogP contribution in [0.15, 0.2) is 41.7 Å². The molecule has 6 heteroatoms. The third kappa shape index (κ3) is 3.14. The molecule has 2 rings (SSSR count). The van der Waals surface area contributed by atoms with Crippen molar-refractivity contribution in [3.05, 3.63) is 42.5 Å². The van der Waals surface area contributed by atoms with Crippen LogP contribution in [0.1, 0.15) is 12.6 Å². The van der Waals surface area contributed by atoms with Gasteiger partial charge in [-0.3, -0.25) is 0 Å². The number of aryl methyl sites for hydroxylation is 1. The molecule has 102 valence electrons. The van der Waals surface area contributed by atoms with Crippen LogP contribution in [0, 0.1) is 0 Å². The van der Waals surface area contributed by atoms with E-state index in [1.54, 1.807) is 30.7 Å². The van der Waals surface area contributed by atoms with Gasteiger partial charge in [0.25, 0.3) is 0 Å². The molecule has 1 heterocycles. The van der Waals surface area contributed by atoms with Gasteiger partial charge in [0.2, 0.25) is 0 Å². The Labute approximate surface area is 113 Å². The lowest BCUT2D eigenvalue weighted by Gasteiger charge is -2.11. The van der Waals surface area contributed by atoms with Crippen LogP contribution >= 0.6 is 0 Å². The molecule has 0 aliphatic carbocycles. The molecule has 1 N–H and O–H groups in total. The van der Waals surface area contributed by atoms with Gasteiger partial charge in [-0.05, 0) is 19.1 Å². The van der Waals surface area contributed by atoms with E-state index in [9.17, 15) is 8.42 Å². The predicted molar refractivity (Wildman–Crippen MR) is 74.8 cm³/mol. The van der Waals surface area contributed by atoms with Crippen molar-refractivity contribution < 1.29 is 8.42 Å². The van der Waals surface area contributed by atoms with Gasteiger partial charge in [0.1, 0.15) is 0 Å². The maximum atomic E-state index is 11.7. The van der Waals surface area contributed by atoms with Gasteiger partial charge < -0.3 is 9.88 Å². The van der Waals surface area contributed by atoms with Gasteiger partial charge in [0, 0.05) is 19.0 Å². The Bertz CT molecular complexity index is 662. The van der Waals surface area contributed by atoms with Gasteiger partial charge in [0.15, 0.2) is 9.84 Å². The zero-order valence-electron chi connectivity index (χ0n) is 11.0. The van der Waals surface area contributed by atoms with Crippen LogP contribution in [-0.2, 0) is 22.9 Å². The highest BCUT2D eigenvalue weighted by molar-refractivity contribution is 7.90. The van der Waals surface area contributed by atoms with E-state index in [4.69, 9.17) is 0 Å². The van der Waals surface area contributed by atoms with E-state index in [0.29, 0.717) is 17.1 Å². The number of hydrogen-bond acceptors (Lipinski definition) is 4. The fourth-order valence-electron chi connectivity index (χ4n) is 1.90. The monoisotopic (exact) mass is 279 g/mol. The highest BCUT2D eigenvalue weighted by Gasteiger charge is 2.12. The first-order chi connectivity index (χ1) is 9.02. The Balaban J connectivity index is 2.21. The Kier molecular flexibility index (Phi) is 3.90. The molecule has 0 aliphatic heterocycles. The number of anilines is 1. The number of sulfone groups is 1. The summed E-state index contributed by atoms with van der Waals surface area (Å²) in [5.74, 6) is 0. The van der Waals surface area contributed by atoms with E-state index in [1.165, 1.54) is 6.26 Å². The number of para-hydroxylation sites is 1. The molecule has 19 heavy (non-hydrogen) atoms. The van der Waals surface area contributed by atoms with Gasteiger partial charge in [0.05, 0.1) is 29.1 Å². The Morgan fingerprint density at radius 3 is 2.74 bits per heavy atom. The van der Waals surface area contributed by atoms with Gasteiger partial charge in [-0.25, -0.2) is 13.4 Å². The molecule has 0 saturated heterocycles. The number of aromatic nitrogens is 2. The number of rotatable bonds is 5. The molecule has 0 radical (unpaired) electrons. The first kappa shape index (κ1) is 13.6. The van der Waals surface area contributed by atoms with Crippen LogP contribution in [0.5, 0.6) is 0 Å². The van der Waals surface area contributed by atoms with E-state index in [1.807, 2.05) is 17.6 Å². The van der Waals surface area contributed by atoms with E-state index < -0.39 is 9.84 Å². The van der Waals surface area contributed by atoms with Gasteiger partial charge in [-0.1, -0.05) is 12.1 Å². The molecule has 5 nitrogen and oxygen atoms in total. The lowest BCUT2D eigenvalue weighted by molar-refractivity contribution is 0.602. The van der Waals surface area contributed by atoms with Crippen molar-refractivity contribution in [3.63, 3.8) is 0 Å². The fraction of sp³-hybridized carbons (Fsp3) is 0.308. The maximum Gasteiger partial charge on any atom is 0.177 e. The fourth-order valence-corrected chi connectivity index (χ4v) is 2.77. The molecule has 0 spiro atoms. The molecule has 0 saturated carbocycles. The van der Waals surface area contributed by atoms with Crippen molar-refractivity contribution in [3.8, 4) is 0 Å². The first-order valence-electron chi connectivity index (χ1n) is 6.04. The van der Waals surface area contributed by atoms with E-state index in [-0.39, 0.29) is 0 Å². The average Bonchev–Trinajstić information content (AvgIpc) is 2.83. The lowest BCUT2D eigenvalue weighted by Crippen LogP contribution is -2.09. The second-order valence-electron chi connectivity index (χ2n) is 4.29. The summed E-state index contributed by atoms with van der Waals surface area (Å²) < 4.78 is 25.4. The summed E-state index contributed by atoms with van der Waals surface area (Å²) >= 11 is 0. The third-order valence-electron chi connectivity index (χ3n) is 2.89. The Hall–Kier alpha value is -1.82. The highest BCUT2D eigenvalue weighted by Crippen LogP contribution is 2.21. The largest absolute Gasteiger partial charge is 0.378 e. The Morgan fingerprint density at radius 2 is 2.05 bits per heavy atom. The average molecular weight is 279 g/mol. The summed E-state index contributed by atoms with van der Waals surface area (Å²) in [6.07, 6.45) is 4.75. The summed E-state index contributed by atoms with van der Waals surface area (Å²) in [4.78, 5) is 4.40. The predicted octanol–water partition coefficient (Wildman–Crippen LogP) is 1.92. The first-order valence-corrected chi connectivity index (χ1v) is 7.93. The van der Waals surface area contributed by atoms with Gasteiger partial charge in [-0.15, -0.1) is 0 Å². The van der Waals surface area contributed by atoms with Crippen molar-refractivity contribution in [1.29, 1.82) is 0 Å². The molecule has 1 aromatic carbocycles. The Morgan fingerprint density at radius 1 is 1.32 bits per heavy atom. The van der Waals surface area contributed by atoms with Crippen LogP contribution in [0.3, 0.4) is 0 Å². The van der Waals surface area contributed by atoms with Crippen molar-refractivity contribution in [2.75, 3.05) is 11.6 Å². The number of nitrogens with one attached hydrogen (secondary N) is 1. The van der Waals surface area contributed by atoms with Gasteiger partial charge >= 0.3 is 0 Å². The SMILES string of the molecule is CCn1cncc1CNc1ccccc1S(C)(=O)=O. The van der Waals surface area contributed by atoms with Crippen molar-refractivity contribution in [2.24, 2.45) is 0 Å². The van der Waals surface area contributed by atoms with E-state index in [0.717, 1.165) is 12.2 Å². The third-order valence-corrected chi connectivity index (χ3v) is 4.04. The molecular weight excluding hydrogens is 262 g/mol. The van der Waals surface area contributed by atoms with Crippen LogP contribution in [-0.4, -0.2) is 24.2 Å². The smallest absolute Gasteiger partial charge is 0.177 e. The molecule has 1 aromatic heterocycles. The van der Waals surface area contributed by atoms with Crippen LogP contribution in [0.4, 0.5) is 5.69 Å². The van der Waals surface area contributed by atoms with Crippen LogP contribution < -0.4 is 5.32 Å². The maximum absolute atomic E-state index is 11.7. The minimum atomic E-state index is -3.23. The number of hydrogen-bond donors (Lipinski definition) is 1. The number of imidazole rings is 1. The minimum absolute atomic E-state index is 0.317. The van der Waals surface area contributed by atoms with E-state index >= 15 is 0 Å². The second kappa shape index (κ2) is 5.44. The molecule has 2 aromatic rings. The van der Waals surface area contributed by atoms with Crippen LogP contribution in [0.2, 0.25) is 0 Å². The number of nitrogens with zero attached hydrogens (tertiary/aromatic N) is 2. The summed E-state index contributed by atoms with van der Waals surface area (Å²) in [7, 11) is -3.23. The van der Waals surface area contributed by atoms with E-state index in [2.05, 4.69) is 10.3 Å². The minimum Gasteiger partial charge on any atom is -0.378 e. The van der Waals surface area contributed by atoms with Gasteiger partial charge in [-0.2, -0.15) is 0 Å². The van der Waals surface area contributed by atoms with Crippen LogP contribution in [0.25, 0.3) is 0 Å². The summed E-state index contributed by atoms with van der Waals surface area (Å²) in [5, 5.41) is 3.16. The molecule has 0 atom stereocenters. The van der Waals surface area contributed by atoms with Crippen molar-refractivity contribution >= 4 is 15.5 Å². The number of benzene rings is 1. The molecule has 0 amide bonds.